The molecule has 0 aromatic carbocycles. The standard InChI is InChI=1S/C12H17F3N4S/c1-7-9(10(16)20)11(18(2)17-7)19-5-3-4-8(6-19)12(13,14)15/h8H,3-6H2,1-2H3,(H2,16,20). The van der Waals surface area contributed by atoms with Gasteiger partial charge in [0.1, 0.15) is 10.8 Å². The fourth-order valence-corrected chi connectivity index (χ4v) is 2.97. The molecule has 0 bridgehead atoms. The predicted molar refractivity (Wildman–Crippen MR) is 74.8 cm³/mol. The zero-order chi connectivity index (χ0) is 15.1. The number of nitrogens with zero attached hydrogens (tertiary/aromatic N) is 3. The van der Waals surface area contributed by atoms with Gasteiger partial charge in [0.2, 0.25) is 0 Å². The fourth-order valence-electron chi connectivity index (χ4n) is 2.73. The summed E-state index contributed by atoms with van der Waals surface area (Å²) >= 11 is 5.00. The van der Waals surface area contributed by atoms with Crippen molar-refractivity contribution < 1.29 is 13.2 Å². The molecule has 20 heavy (non-hydrogen) atoms. The third-order valence-electron chi connectivity index (χ3n) is 3.62. The van der Waals surface area contributed by atoms with Gasteiger partial charge in [-0.15, -0.1) is 0 Å². The van der Waals surface area contributed by atoms with Gasteiger partial charge in [-0.3, -0.25) is 4.68 Å². The summed E-state index contributed by atoms with van der Waals surface area (Å²) in [5, 5.41) is 4.22. The number of rotatable bonds is 2. The number of anilines is 1. The number of hydrogen-bond donors (Lipinski definition) is 1. The van der Waals surface area contributed by atoms with Crippen LogP contribution in [0.4, 0.5) is 19.0 Å². The first-order valence-electron chi connectivity index (χ1n) is 6.37. The Morgan fingerprint density at radius 2 is 2.10 bits per heavy atom. The molecule has 1 aromatic heterocycles. The van der Waals surface area contributed by atoms with E-state index in [1.807, 2.05) is 0 Å². The van der Waals surface area contributed by atoms with Crippen molar-refractivity contribution in [2.75, 3.05) is 18.0 Å². The van der Waals surface area contributed by atoms with E-state index in [2.05, 4.69) is 5.10 Å². The Bertz CT molecular complexity index is 524. The van der Waals surface area contributed by atoms with Crippen molar-refractivity contribution in [1.29, 1.82) is 0 Å². The molecule has 0 amide bonds. The molecule has 2 N–H and O–H groups in total. The highest BCUT2D eigenvalue weighted by Gasteiger charge is 2.42. The van der Waals surface area contributed by atoms with Gasteiger partial charge in [-0.25, -0.2) is 0 Å². The molecule has 0 radical (unpaired) electrons. The predicted octanol–water partition coefficient (Wildman–Crippen LogP) is 2.14. The third-order valence-corrected chi connectivity index (χ3v) is 3.83. The van der Waals surface area contributed by atoms with E-state index >= 15 is 0 Å². The molecule has 0 spiro atoms. The van der Waals surface area contributed by atoms with Crippen LogP contribution in [0.3, 0.4) is 0 Å². The summed E-state index contributed by atoms with van der Waals surface area (Å²) in [7, 11) is 1.70. The lowest BCUT2D eigenvalue weighted by molar-refractivity contribution is -0.176. The van der Waals surface area contributed by atoms with Crippen LogP contribution in [0.15, 0.2) is 0 Å². The Labute approximate surface area is 120 Å². The molecular formula is C12H17F3N4S. The molecule has 1 fully saturated rings. The van der Waals surface area contributed by atoms with Gasteiger partial charge in [0, 0.05) is 20.1 Å². The van der Waals surface area contributed by atoms with Crippen molar-refractivity contribution in [1.82, 2.24) is 9.78 Å². The van der Waals surface area contributed by atoms with Crippen molar-refractivity contribution in [3.63, 3.8) is 0 Å². The molecular weight excluding hydrogens is 289 g/mol. The van der Waals surface area contributed by atoms with Crippen LogP contribution in [0, 0.1) is 12.8 Å². The first kappa shape index (κ1) is 15.1. The SMILES string of the molecule is Cc1nn(C)c(N2CCCC(C(F)(F)F)C2)c1C(N)=S. The van der Waals surface area contributed by atoms with Crippen molar-refractivity contribution >= 4 is 23.0 Å². The summed E-state index contributed by atoms with van der Waals surface area (Å²) < 4.78 is 40.2. The highest BCUT2D eigenvalue weighted by atomic mass is 32.1. The minimum atomic E-state index is -4.17. The highest BCUT2D eigenvalue weighted by molar-refractivity contribution is 7.80. The Morgan fingerprint density at radius 1 is 1.45 bits per heavy atom. The maximum atomic E-state index is 12.9. The number of aryl methyl sites for hydroxylation is 2. The summed E-state index contributed by atoms with van der Waals surface area (Å²) in [4.78, 5) is 1.86. The lowest BCUT2D eigenvalue weighted by Crippen LogP contribution is -2.43. The van der Waals surface area contributed by atoms with E-state index in [1.165, 1.54) is 0 Å². The number of halogens is 3. The molecule has 1 aliphatic heterocycles. The number of aromatic nitrogens is 2. The fraction of sp³-hybridized carbons (Fsp3) is 0.667. The van der Waals surface area contributed by atoms with Crippen LogP contribution in [-0.4, -0.2) is 34.0 Å². The first-order valence-corrected chi connectivity index (χ1v) is 6.77. The number of hydrogen-bond acceptors (Lipinski definition) is 3. The number of alkyl halides is 3. The Balaban J connectivity index is 2.34. The largest absolute Gasteiger partial charge is 0.393 e. The zero-order valence-electron chi connectivity index (χ0n) is 11.4. The molecule has 1 aliphatic rings. The minimum Gasteiger partial charge on any atom is -0.389 e. The molecule has 1 saturated heterocycles. The molecule has 1 unspecified atom stereocenters. The summed E-state index contributed by atoms with van der Waals surface area (Å²) in [6.45, 7) is 2.24. The smallest absolute Gasteiger partial charge is 0.389 e. The summed E-state index contributed by atoms with van der Waals surface area (Å²) in [6, 6.07) is 0. The number of nitrogens with two attached hydrogens (primary N) is 1. The minimum absolute atomic E-state index is 0.0713. The molecule has 1 aromatic rings. The van der Waals surface area contributed by atoms with Gasteiger partial charge in [0.05, 0.1) is 17.2 Å². The van der Waals surface area contributed by atoms with E-state index in [-0.39, 0.29) is 18.0 Å². The second-order valence-electron chi connectivity index (χ2n) is 5.10. The lowest BCUT2D eigenvalue weighted by Gasteiger charge is -2.35. The van der Waals surface area contributed by atoms with Crippen molar-refractivity contribution in [3.8, 4) is 0 Å². The van der Waals surface area contributed by atoms with E-state index in [9.17, 15) is 13.2 Å². The monoisotopic (exact) mass is 306 g/mol. The summed E-state index contributed by atoms with van der Waals surface area (Å²) in [6.07, 6.45) is -3.51. The van der Waals surface area contributed by atoms with Gasteiger partial charge < -0.3 is 10.6 Å². The molecule has 2 heterocycles. The van der Waals surface area contributed by atoms with Crippen LogP contribution in [-0.2, 0) is 7.05 Å². The Hall–Kier alpha value is -1.31. The van der Waals surface area contributed by atoms with E-state index in [1.54, 1.807) is 23.6 Å². The summed E-state index contributed by atoms with van der Waals surface area (Å²) in [5.74, 6) is -0.727. The Kier molecular flexibility index (Phi) is 3.95. The van der Waals surface area contributed by atoms with E-state index in [0.717, 1.165) is 0 Å². The average Bonchev–Trinajstić information content (AvgIpc) is 2.63. The molecule has 112 valence electrons. The van der Waals surface area contributed by atoms with Crippen molar-refractivity contribution in [3.05, 3.63) is 11.3 Å². The van der Waals surface area contributed by atoms with Crippen molar-refractivity contribution in [2.24, 2.45) is 18.7 Å². The maximum absolute atomic E-state index is 12.9. The molecule has 1 atom stereocenters. The van der Waals surface area contributed by atoms with Crippen LogP contribution >= 0.6 is 12.2 Å². The molecule has 4 nitrogen and oxygen atoms in total. The van der Waals surface area contributed by atoms with Crippen LogP contribution in [0.2, 0.25) is 0 Å². The normalized spacial score (nSPS) is 20.2. The lowest BCUT2D eigenvalue weighted by atomic mass is 9.97. The topological polar surface area (TPSA) is 47.1 Å². The highest BCUT2D eigenvalue weighted by Crippen LogP contribution is 2.36. The van der Waals surface area contributed by atoms with Crippen LogP contribution < -0.4 is 10.6 Å². The van der Waals surface area contributed by atoms with E-state index < -0.39 is 12.1 Å². The van der Waals surface area contributed by atoms with Gasteiger partial charge >= 0.3 is 6.18 Å². The molecule has 8 heteroatoms. The molecule has 0 saturated carbocycles. The first-order chi connectivity index (χ1) is 9.21. The number of piperidine rings is 1. The van der Waals surface area contributed by atoms with E-state index in [4.69, 9.17) is 18.0 Å². The van der Waals surface area contributed by atoms with Crippen LogP contribution in [0.1, 0.15) is 24.1 Å². The van der Waals surface area contributed by atoms with Crippen LogP contribution in [0.5, 0.6) is 0 Å². The zero-order valence-corrected chi connectivity index (χ0v) is 12.2. The third kappa shape index (κ3) is 2.74. The van der Waals surface area contributed by atoms with Crippen molar-refractivity contribution in [2.45, 2.75) is 25.9 Å². The average molecular weight is 306 g/mol. The molecule has 0 aliphatic carbocycles. The number of thiocarbonyl (C=S) groups is 1. The van der Waals surface area contributed by atoms with Gasteiger partial charge in [0.25, 0.3) is 0 Å². The van der Waals surface area contributed by atoms with Gasteiger partial charge in [-0.05, 0) is 19.8 Å². The second-order valence-corrected chi connectivity index (χ2v) is 5.54. The summed E-state index contributed by atoms with van der Waals surface area (Å²) in [5.41, 5.74) is 6.90. The maximum Gasteiger partial charge on any atom is 0.393 e. The van der Waals surface area contributed by atoms with Crippen LogP contribution in [0.25, 0.3) is 0 Å². The second kappa shape index (κ2) is 5.23. The van der Waals surface area contributed by atoms with Gasteiger partial charge in [-0.1, -0.05) is 12.2 Å². The molecule has 2 rings (SSSR count). The van der Waals surface area contributed by atoms with Gasteiger partial charge in [-0.2, -0.15) is 18.3 Å². The quantitative estimate of drug-likeness (QED) is 0.851. The van der Waals surface area contributed by atoms with E-state index in [0.29, 0.717) is 30.0 Å². The van der Waals surface area contributed by atoms with Gasteiger partial charge in [0.15, 0.2) is 0 Å². The Morgan fingerprint density at radius 3 is 2.65 bits per heavy atom.